The molecular formula is C15H14N2O3. The molecule has 1 atom stereocenters. The molecule has 1 heterocycles. The summed E-state index contributed by atoms with van der Waals surface area (Å²) in [6, 6.07) is 4.62. The predicted molar refractivity (Wildman–Crippen MR) is 72.9 cm³/mol. The van der Waals surface area contributed by atoms with Crippen molar-refractivity contribution in [3.63, 3.8) is 0 Å². The summed E-state index contributed by atoms with van der Waals surface area (Å²) in [4.78, 5) is 37.4. The molecule has 2 N–H and O–H groups in total. The van der Waals surface area contributed by atoms with Gasteiger partial charge in [0.05, 0.1) is 6.04 Å². The lowest BCUT2D eigenvalue weighted by atomic mass is 10.1. The highest BCUT2D eigenvalue weighted by Crippen LogP contribution is 2.30. The molecule has 1 amide bonds. The topological polar surface area (TPSA) is 80.5 Å². The third-order valence-corrected chi connectivity index (χ3v) is 3.83. The van der Waals surface area contributed by atoms with Gasteiger partial charge in [-0.1, -0.05) is 6.07 Å². The van der Waals surface area contributed by atoms with E-state index < -0.39 is 6.04 Å². The van der Waals surface area contributed by atoms with Gasteiger partial charge in [0.2, 0.25) is 0 Å². The number of hydrogen-bond acceptors (Lipinski definition) is 4. The van der Waals surface area contributed by atoms with Crippen LogP contribution in [0.25, 0.3) is 0 Å². The number of ketones is 2. The Hall–Kier alpha value is -2.43. The van der Waals surface area contributed by atoms with Crippen LogP contribution in [-0.2, 0) is 16.1 Å². The maximum Gasteiger partial charge on any atom is 0.255 e. The first kappa shape index (κ1) is 12.6. The van der Waals surface area contributed by atoms with Crippen molar-refractivity contribution in [2.45, 2.75) is 25.4 Å². The largest absolute Gasteiger partial charge is 0.398 e. The van der Waals surface area contributed by atoms with E-state index in [0.29, 0.717) is 24.2 Å². The first-order valence-electron chi connectivity index (χ1n) is 6.51. The molecule has 0 radical (unpaired) electrons. The van der Waals surface area contributed by atoms with E-state index in [-0.39, 0.29) is 23.9 Å². The van der Waals surface area contributed by atoms with Crippen LogP contribution in [-0.4, -0.2) is 28.4 Å². The molecule has 0 saturated heterocycles. The summed E-state index contributed by atoms with van der Waals surface area (Å²) < 4.78 is 0. The first-order chi connectivity index (χ1) is 9.58. The van der Waals surface area contributed by atoms with Crippen molar-refractivity contribution in [2.24, 2.45) is 0 Å². The number of allylic oxidation sites excluding steroid dienone is 1. The molecule has 0 aromatic heterocycles. The Labute approximate surface area is 116 Å². The summed E-state index contributed by atoms with van der Waals surface area (Å²) in [6.07, 6.45) is 3.22. The number of nitrogen functional groups attached to an aromatic ring is 1. The standard InChI is InChI=1S/C15H14N2O3/c16-12-3-1-2-10-11(12)8-17(15(10)20)13-6-4-9(18)5-7-14(13)19/h1-3,5,7,13H,4,6,8,16H2. The van der Waals surface area contributed by atoms with E-state index in [0.717, 1.165) is 5.56 Å². The van der Waals surface area contributed by atoms with E-state index in [2.05, 4.69) is 0 Å². The van der Waals surface area contributed by atoms with E-state index in [4.69, 9.17) is 5.73 Å². The van der Waals surface area contributed by atoms with Crippen molar-refractivity contribution in [3.05, 3.63) is 41.5 Å². The lowest BCUT2D eigenvalue weighted by Crippen LogP contribution is -2.40. The van der Waals surface area contributed by atoms with E-state index in [1.165, 1.54) is 17.1 Å². The van der Waals surface area contributed by atoms with Gasteiger partial charge in [0.1, 0.15) is 0 Å². The minimum absolute atomic E-state index is 0.0791. The highest BCUT2D eigenvalue weighted by Gasteiger charge is 2.36. The van der Waals surface area contributed by atoms with Crippen LogP contribution in [0.5, 0.6) is 0 Å². The maximum atomic E-state index is 12.4. The van der Waals surface area contributed by atoms with Gasteiger partial charge >= 0.3 is 0 Å². The second kappa shape index (κ2) is 4.59. The molecule has 0 bridgehead atoms. The van der Waals surface area contributed by atoms with E-state index in [1.54, 1.807) is 18.2 Å². The number of carbonyl (C=O) groups is 3. The molecule has 0 saturated carbocycles. The molecule has 1 aromatic carbocycles. The highest BCUT2D eigenvalue weighted by atomic mass is 16.2. The Kier molecular flexibility index (Phi) is 2.89. The Morgan fingerprint density at radius 3 is 2.70 bits per heavy atom. The van der Waals surface area contributed by atoms with Gasteiger partial charge in [0.15, 0.2) is 11.6 Å². The normalized spacial score (nSPS) is 22.1. The second-order valence-corrected chi connectivity index (χ2v) is 5.06. The molecule has 0 spiro atoms. The van der Waals surface area contributed by atoms with Crippen LogP contribution in [0.1, 0.15) is 28.8 Å². The van der Waals surface area contributed by atoms with E-state index in [9.17, 15) is 14.4 Å². The van der Waals surface area contributed by atoms with Crippen molar-refractivity contribution >= 4 is 23.2 Å². The van der Waals surface area contributed by atoms with Crippen LogP contribution in [0.15, 0.2) is 30.4 Å². The van der Waals surface area contributed by atoms with Gasteiger partial charge in [-0.2, -0.15) is 0 Å². The number of nitrogens with zero attached hydrogens (tertiary/aromatic N) is 1. The Bertz CT molecular complexity index is 649. The quantitative estimate of drug-likeness (QED) is 0.774. The van der Waals surface area contributed by atoms with Gasteiger partial charge in [-0.05, 0) is 30.7 Å². The first-order valence-corrected chi connectivity index (χ1v) is 6.51. The van der Waals surface area contributed by atoms with Gasteiger partial charge in [0, 0.05) is 29.8 Å². The summed E-state index contributed by atoms with van der Waals surface area (Å²) in [7, 11) is 0. The third-order valence-electron chi connectivity index (χ3n) is 3.83. The molecule has 1 aliphatic heterocycles. The zero-order valence-electron chi connectivity index (χ0n) is 10.8. The van der Waals surface area contributed by atoms with Gasteiger partial charge in [-0.25, -0.2) is 0 Å². The summed E-state index contributed by atoms with van der Waals surface area (Å²) in [5, 5.41) is 0. The van der Waals surface area contributed by atoms with Crippen molar-refractivity contribution in [1.29, 1.82) is 0 Å². The number of amides is 1. The average Bonchev–Trinajstić information content (AvgIpc) is 2.66. The van der Waals surface area contributed by atoms with E-state index in [1.807, 2.05) is 0 Å². The minimum atomic E-state index is -0.572. The lowest BCUT2D eigenvalue weighted by molar-refractivity contribution is -0.119. The minimum Gasteiger partial charge on any atom is -0.398 e. The number of rotatable bonds is 1. The van der Waals surface area contributed by atoms with Crippen LogP contribution in [0.2, 0.25) is 0 Å². The fraction of sp³-hybridized carbons (Fsp3) is 0.267. The summed E-state index contributed by atoms with van der Waals surface area (Å²) in [5.74, 6) is -0.464. The van der Waals surface area contributed by atoms with Crippen molar-refractivity contribution in [1.82, 2.24) is 4.90 Å². The number of benzene rings is 1. The zero-order chi connectivity index (χ0) is 14.3. The number of fused-ring (bicyclic) bond motifs is 1. The van der Waals surface area contributed by atoms with Crippen LogP contribution in [0, 0.1) is 0 Å². The molecule has 1 aromatic rings. The Balaban J connectivity index is 1.92. The monoisotopic (exact) mass is 270 g/mol. The lowest BCUT2D eigenvalue weighted by Gasteiger charge is -2.24. The SMILES string of the molecule is Nc1cccc2c1CN(C1CCC(=O)C=CC1=O)C2=O. The molecule has 0 fully saturated rings. The smallest absolute Gasteiger partial charge is 0.255 e. The third kappa shape index (κ3) is 1.91. The second-order valence-electron chi connectivity index (χ2n) is 5.06. The van der Waals surface area contributed by atoms with Crippen molar-refractivity contribution in [2.75, 3.05) is 5.73 Å². The molecule has 1 unspecified atom stereocenters. The Morgan fingerprint density at radius 2 is 1.95 bits per heavy atom. The number of hydrogen-bond donors (Lipinski definition) is 1. The predicted octanol–water partition coefficient (Wildman–Crippen LogP) is 1.08. The molecule has 20 heavy (non-hydrogen) atoms. The molecule has 1 aliphatic carbocycles. The van der Waals surface area contributed by atoms with Crippen molar-refractivity contribution in [3.8, 4) is 0 Å². The molecule has 102 valence electrons. The highest BCUT2D eigenvalue weighted by molar-refractivity contribution is 6.07. The summed E-state index contributed by atoms with van der Waals surface area (Å²) in [6.45, 7) is 0.333. The van der Waals surface area contributed by atoms with Crippen LogP contribution in [0.4, 0.5) is 5.69 Å². The van der Waals surface area contributed by atoms with Crippen LogP contribution < -0.4 is 5.73 Å². The molecule has 5 heteroatoms. The number of anilines is 1. The van der Waals surface area contributed by atoms with Crippen LogP contribution in [0.3, 0.4) is 0 Å². The van der Waals surface area contributed by atoms with Gasteiger partial charge in [-0.3, -0.25) is 14.4 Å². The number of carbonyl (C=O) groups excluding carboxylic acids is 3. The van der Waals surface area contributed by atoms with Gasteiger partial charge < -0.3 is 10.6 Å². The zero-order valence-corrected chi connectivity index (χ0v) is 10.8. The Morgan fingerprint density at radius 1 is 1.15 bits per heavy atom. The van der Waals surface area contributed by atoms with Gasteiger partial charge in [-0.15, -0.1) is 0 Å². The number of nitrogens with two attached hydrogens (primary N) is 1. The summed E-state index contributed by atoms with van der Waals surface area (Å²) in [5.41, 5.74) is 7.76. The van der Waals surface area contributed by atoms with Crippen LogP contribution >= 0.6 is 0 Å². The molecule has 2 aliphatic rings. The average molecular weight is 270 g/mol. The molecular weight excluding hydrogens is 256 g/mol. The van der Waals surface area contributed by atoms with E-state index >= 15 is 0 Å². The van der Waals surface area contributed by atoms with Crippen molar-refractivity contribution < 1.29 is 14.4 Å². The molecule has 3 rings (SSSR count). The van der Waals surface area contributed by atoms with Gasteiger partial charge in [0.25, 0.3) is 5.91 Å². The fourth-order valence-electron chi connectivity index (χ4n) is 2.73. The molecule has 5 nitrogen and oxygen atoms in total. The summed E-state index contributed by atoms with van der Waals surface area (Å²) >= 11 is 0. The fourth-order valence-corrected chi connectivity index (χ4v) is 2.73. The maximum absolute atomic E-state index is 12.4.